The Morgan fingerprint density at radius 2 is 2.10 bits per heavy atom. The van der Waals surface area contributed by atoms with Crippen molar-refractivity contribution in [3.05, 3.63) is 39.8 Å². The molecule has 0 bridgehead atoms. The first-order valence-corrected chi connectivity index (χ1v) is 8.47. The maximum absolute atomic E-state index is 4.80. The van der Waals surface area contributed by atoms with Crippen LogP contribution < -0.4 is 5.32 Å². The van der Waals surface area contributed by atoms with Gasteiger partial charge in [0.05, 0.1) is 11.4 Å². The summed E-state index contributed by atoms with van der Waals surface area (Å²) in [6.45, 7) is 5.28. The van der Waals surface area contributed by atoms with E-state index in [0.717, 1.165) is 29.7 Å². The van der Waals surface area contributed by atoms with E-state index >= 15 is 0 Å². The number of nitrogens with one attached hydrogen (secondary N) is 1. The highest BCUT2D eigenvalue weighted by molar-refractivity contribution is 9.10. The van der Waals surface area contributed by atoms with Crippen LogP contribution >= 0.6 is 15.9 Å². The molecule has 4 nitrogen and oxygen atoms in total. The molecule has 0 saturated heterocycles. The smallest absolute Gasteiger partial charge is 0.153 e. The summed E-state index contributed by atoms with van der Waals surface area (Å²) in [5.74, 6) is 0.891. The highest BCUT2D eigenvalue weighted by Crippen LogP contribution is 2.23. The number of rotatable bonds is 6. The summed E-state index contributed by atoms with van der Waals surface area (Å²) < 4.78 is 3.00. The Balaban J connectivity index is 1.96. The van der Waals surface area contributed by atoms with Gasteiger partial charge in [-0.15, -0.1) is 0 Å². The fourth-order valence-corrected chi connectivity index (χ4v) is 2.84. The summed E-state index contributed by atoms with van der Waals surface area (Å²) in [6.07, 6.45) is 6.37. The standard InChI is InChI=1S/C16H21BrN4/c1-3-14-13(10-18-12-6-7-12)15(4-2)21(20-14)16-8-5-11(17)9-19-16/h5,8-9,12,18H,3-4,6-7,10H2,1-2H3. The Labute approximate surface area is 134 Å². The third-order valence-electron chi connectivity index (χ3n) is 3.92. The van der Waals surface area contributed by atoms with Crippen molar-refractivity contribution in [3.63, 3.8) is 0 Å². The quantitative estimate of drug-likeness (QED) is 0.869. The molecule has 1 aliphatic carbocycles. The summed E-state index contributed by atoms with van der Waals surface area (Å²) in [5.41, 5.74) is 3.82. The summed E-state index contributed by atoms with van der Waals surface area (Å²) >= 11 is 3.43. The van der Waals surface area contributed by atoms with Crippen LogP contribution in [0.15, 0.2) is 22.8 Å². The molecular formula is C16H21BrN4. The highest BCUT2D eigenvalue weighted by Gasteiger charge is 2.23. The van der Waals surface area contributed by atoms with Gasteiger partial charge in [-0.2, -0.15) is 5.10 Å². The van der Waals surface area contributed by atoms with Gasteiger partial charge in [0.2, 0.25) is 0 Å². The van der Waals surface area contributed by atoms with E-state index in [0.29, 0.717) is 6.04 Å². The average Bonchev–Trinajstić information content (AvgIpc) is 3.26. The monoisotopic (exact) mass is 348 g/mol. The first-order valence-electron chi connectivity index (χ1n) is 7.67. The van der Waals surface area contributed by atoms with Gasteiger partial charge >= 0.3 is 0 Å². The van der Waals surface area contributed by atoms with Gasteiger partial charge in [0.15, 0.2) is 5.82 Å². The lowest BCUT2D eigenvalue weighted by atomic mass is 10.1. The van der Waals surface area contributed by atoms with Crippen molar-refractivity contribution in [3.8, 4) is 5.82 Å². The molecule has 5 heteroatoms. The van der Waals surface area contributed by atoms with Crippen molar-refractivity contribution in [2.75, 3.05) is 0 Å². The van der Waals surface area contributed by atoms with Gasteiger partial charge in [0.1, 0.15) is 0 Å². The normalized spacial score (nSPS) is 14.6. The molecule has 2 aromatic heterocycles. The molecule has 21 heavy (non-hydrogen) atoms. The third-order valence-corrected chi connectivity index (χ3v) is 4.39. The maximum atomic E-state index is 4.80. The molecule has 0 spiro atoms. The Hall–Kier alpha value is -1.20. The summed E-state index contributed by atoms with van der Waals surface area (Å²) in [7, 11) is 0. The van der Waals surface area contributed by atoms with Crippen molar-refractivity contribution in [1.82, 2.24) is 20.1 Å². The minimum Gasteiger partial charge on any atom is -0.310 e. The molecule has 1 aliphatic rings. The van der Waals surface area contributed by atoms with Crippen molar-refractivity contribution < 1.29 is 0 Å². The average molecular weight is 349 g/mol. The lowest BCUT2D eigenvalue weighted by Crippen LogP contribution is -2.17. The van der Waals surface area contributed by atoms with Gasteiger partial charge in [0, 0.05) is 28.8 Å². The van der Waals surface area contributed by atoms with Crippen molar-refractivity contribution in [1.29, 1.82) is 0 Å². The van der Waals surface area contributed by atoms with Crippen LogP contribution in [0.4, 0.5) is 0 Å². The SMILES string of the molecule is CCc1nn(-c2ccc(Br)cn2)c(CC)c1CNC1CC1. The molecule has 1 N–H and O–H groups in total. The van der Waals surface area contributed by atoms with Crippen LogP contribution in [0.1, 0.15) is 43.6 Å². The number of halogens is 1. The van der Waals surface area contributed by atoms with E-state index in [1.54, 1.807) is 0 Å². The molecule has 0 unspecified atom stereocenters. The second kappa shape index (κ2) is 6.28. The zero-order valence-corrected chi connectivity index (χ0v) is 14.2. The van der Waals surface area contributed by atoms with E-state index in [9.17, 15) is 0 Å². The molecule has 2 heterocycles. The van der Waals surface area contributed by atoms with Gasteiger partial charge in [-0.3, -0.25) is 0 Å². The van der Waals surface area contributed by atoms with Crippen LogP contribution in [0, 0.1) is 0 Å². The molecule has 0 atom stereocenters. The maximum Gasteiger partial charge on any atom is 0.153 e. The number of aromatic nitrogens is 3. The molecule has 0 amide bonds. The molecule has 2 aromatic rings. The Kier molecular flexibility index (Phi) is 4.40. The van der Waals surface area contributed by atoms with E-state index < -0.39 is 0 Å². The van der Waals surface area contributed by atoms with Crippen molar-refractivity contribution in [2.45, 2.75) is 52.1 Å². The van der Waals surface area contributed by atoms with Gasteiger partial charge in [-0.25, -0.2) is 9.67 Å². The van der Waals surface area contributed by atoms with E-state index in [2.05, 4.69) is 40.1 Å². The third kappa shape index (κ3) is 3.19. The second-order valence-corrected chi connectivity index (χ2v) is 6.40. The fraction of sp³-hybridized carbons (Fsp3) is 0.500. The lowest BCUT2D eigenvalue weighted by Gasteiger charge is -2.08. The van der Waals surface area contributed by atoms with Crippen LogP contribution in [0.2, 0.25) is 0 Å². The molecule has 1 saturated carbocycles. The van der Waals surface area contributed by atoms with E-state index in [-0.39, 0.29) is 0 Å². The zero-order valence-electron chi connectivity index (χ0n) is 12.6. The van der Waals surface area contributed by atoms with Crippen molar-refractivity contribution >= 4 is 15.9 Å². The van der Waals surface area contributed by atoms with E-state index in [1.807, 2.05) is 23.0 Å². The lowest BCUT2D eigenvalue weighted by molar-refractivity contribution is 0.676. The molecule has 0 aromatic carbocycles. The van der Waals surface area contributed by atoms with Gasteiger partial charge in [-0.05, 0) is 53.7 Å². The van der Waals surface area contributed by atoms with Crippen molar-refractivity contribution in [2.24, 2.45) is 0 Å². The largest absolute Gasteiger partial charge is 0.310 e. The van der Waals surface area contributed by atoms with Crippen LogP contribution in [-0.2, 0) is 19.4 Å². The molecule has 3 rings (SSSR count). The Morgan fingerprint density at radius 1 is 1.29 bits per heavy atom. The van der Waals surface area contributed by atoms with Crippen LogP contribution in [0.5, 0.6) is 0 Å². The van der Waals surface area contributed by atoms with Crippen LogP contribution in [0.3, 0.4) is 0 Å². The van der Waals surface area contributed by atoms with E-state index in [4.69, 9.17) is 5.10 Å². The minimum atomic E-state index is 0.716. The Bertz CT molecular complexity index is 614. The molecule has 0 radical (unpaired) electrons. The second-order valence-electron chi connectivity index (χ2n) is 5.48. The van der Waals surface area contributed by atoms with Crippen LogP contribution in [-0.4, -0.2) is 20.8 Å². The summed E-state index contributed by atoms with van der Waals surface area (Å²) in [6, 6.07) is 4.74. The minimum absolute atomic E-state index is 0.716. The molecule has 112 valence electrons. The predicted molar refractivity (Wildman–Crippen MR) is 87.7 cm³/mol. The molecular weight excluding hydrogens is 328 g/mol. The number of aryl methyl sites for hydroxylation is 1. The van der Waals surface area contributed by atoms with Gasteiger partial charge in [-0.1, -0.05) is 13.8 Å². The number of pyridine rings is 1. The number of nitrogens with zero attached hydrogens (tertiary/aromatic N) is 3. The first kappa shape index (κ1) is 14.7. The zero-order chi connectivity index (χ0) is 14.8. The topological polar surface area (TPSA) is 42.7 Å². The number of hydrogen-bond acceptors (Lipinski definition) is 3. The fourth-order valence-electron chi connectivity index (χ4n) is 2.60. The Morgan fingerprint density at radius 3 is 2.67 bits per heavy atom. The number of hydrogen-bond donors (Lipinski definition) is 1. The summed E-state index contributed by atoms with van der Waals surface area (Å²) in [4.78, 5) is 4.49. The van der Waals surface area contributed by atoms with Crippen LogP contribution in [0.25, 0.3) is 5.82 Å². The first-order chi connectivity index (χ1) is 10.2. The highest BCUT2D eigenvalue weighted by atomic mass is 79.9. The van der Waals surface area contributed by atoms with E-state index in [1.165, 1.54) is 29.8 Å². The van der Waals surface area contributed by atoms with Gasteiger partial charge < -0.3 is 5.32 Å². The summed E-state index contributed by atoms with van der Waals surface area (Å²) in [5, 5.41) is 8.41. The molecule has 0 aliphatic heterocycles. The van der Waals surface area contributed by atoms with Gasteiger partial charge in [0.25, 0.3) is 0 Å². The predicted octanol–water partition coefficient (Wildman–Crippen LogP) is 3.41. The molecule has 1 fully saturated rings.